The van der Waals surface area contributed by atoms with Crippen LogP contribution in [0.25, 0.3) is 0 Å². The standard InChI is InChI=1S/C24H21ClFN3O2/c25-19-5-2-7-21(15-19)27-23(30)18-8-10-22(11-9-18)29-13-3-12-28(24(29)31)16-17-4-1-6-20(26)14-17/h1-2,4-11,14-15H,3,12-13,16H2,(H,27,30). The average Bonchev–Trinajstić information content (AvgIpc) is 2.75. The van der Waals surface area contributed by atoms with Crippen molar-refractivity contribution in [3.63, 3.8) is 0 Å². The van der Waals surface area contributed by atoms with Crippen LogP contribution >= 0.6 is 11.6 Å². The third-order valence-corrected chi connectivity index (χ3v) is 5.33. The van der Waals surface area contributed by atoms with Crippen molar-refractivity contribution in [3.05, 3.63) is 94.8 Å². The second-order valence-electron chi connectivity index (χ2n) is 7.35. The lowest BCUT2D eigenvalue weighted by Crippen LogP contribution is -2.49. The molecule has 1 aliphatic heterocycles. The molecule has 0 atom stereocenters. The monoisotopic (exact) mass is 437 g/mol. The van der Waals surface area contributed by atoms with Gasteiger partial charge < -0.3 is 10.2 Å². The molecular weight excluding hydrogens is 417 g/mol. The van der Waals surface area contributed by atoms with E-state index < -0.39 is 0 Å². The van der Waals surface area contributed by atoms with Gasteiger partial charge in [-0.25, -0.2) is 9.18 Å². The molecule has 1 fully saturated rings. The van der Waals surface area contributed by atoms with Gasteiger partial charge in [-0.15, -0.1) is 0 Å². The van der Waals surface area contributed by atoms with Crippen molar-refractivity contribution in [2.45, 2.75) is 13.0 Å². The zero-order chi connectivity index (χ0) is 21.8. The quantitative estimate of drug-likeness (QED) is 0.567. The van der Waals surface area contributed by atoms with Crippen LogP contribution in [0.4, 0.5) is 20.6 Å². The van der Waals surface area contributed by atoms with Crippen molar-refractivity contribution < 1.29 is 14.0 Å². The lowest BCUT2D eigenvalue weighted by atomic mass is 10.1. The molecule has 3 aromatic carbocycles. The molecule has 1 aliphatic rings. The van der Waals surface area contributed by atoms with E-state index in [0.717, 1.165) is 12.0 Å². The number of anilines is 2. The summed E-state index contributed by atoms with van der Waals surface area (Å²) in [7, 11) is 0. The largest absolute Gasteiger partial charge is 0.324 e. The number of hydrogen-bond acceptors (Lipinski definition) is 2. The van der Waals surface area contributed by atoms with Crippen LogP contribution < -0.4 is 10.2 Å². The first-order chi connectivity index (χ1) is 15.0. The number of rotatable bonds is 5. The number of halogens is 2. The summed E-state index contributed by atoms with van der Waals surface area (Å²) < 4.78 is 13.5. The number of hydrogen-bond donors (Lipinski definition) is 1. The van der Waals surface area contributed by atoms with Crippen molar-refractivity contribution in [2.24, 2.45) is 0 Å². The highest BCUT2D eigenvalue weighted by atomic mass is 35.5. The van der Waals surface area contributed by atoms with E-state index in [0.29, 0.717) is 41.6 Å². The lowest BCUT2D eigenvalue weighted by Gasteiger charge is -2.35. The summed E-state index contributed by atoms with van der Waals surface area (Å²) in [5.74, 6) is -0.572. The molecule has 0 aromatic heterocycles. The topological polar surface area (TPSA) is 52.7 Å². The lowest BCUT2D eigenvalue weighted by molar-refractivity contribution is 0.102. The normalized spacial score (nSPS) is 13.9. The summed E-state index contributed by atoms with van der Waals surface area (Å²) >= 11 is 5.95. The van der Waals surface area contributed by atoms with E-state index in [-0.39, 0.29) is 17.8 Å². The highest BCUT2D eigenvalue weighted by molar-refractivity contribution is 6.31. The highest BCUT2D eigenvalue weighted by Crippen LogP contribution is 2.23. The first-order valence-electron chi connectivity index (χ1n) is 9.97. The Bertz CT molecular complexity index is 1100. The number of urea groups is 1. The summed E-state index contributed by atoms with van der Waals surface area (Å²) in [5, 5.41) is 3.34. The van der Waals surface area contributed by atoms with Crippen LogP contribution in [0.1, 0.15) is 22.3 Å². The number of carbonyl (C=O) groups is 2. The van der Waals surface area contributed by atoms with Gasteiger partial charge in [0.1, 0.15) is 5.82 Å². The molecule has 1 heterocycles. The molecule has 7 heteroatoms. The van der Waals surface area contributed by atoms with Gasteiger partial charge >= 0.3 is 6.03 Å². The Morgan fingerprint density at radius 1 is 1.00 bits per heavy atom. The number of carbonyl (C=O) groups excluding carboxylic acids is 2. The first kappa shape index (κ1) is 20.9. The maximum Gasteiger partial charge on any atom is 0.324 e. The van der Waals surface area contributed by atoms with Crippen molar-refractivity contribution in [3.8, 4) is 0 Å². The fraction of sp³-hybridized carbons (Fsp3) is 0.167. The summed E-state index contributed by atoms with van der Waals surface area (Å²) in [6.45, 7) is 1.56. The summed E-state index contributed by atoms with van der Waals surface area (Å²) in [6.07, 6.45) is 0.804. The fourth-order valence-corrected chi connectivity index (χ4v) is 3.78. The van der Waals surface area contributed by atoms with Crippen molar-refractivity contribution in [1.29, 1.82) is 0 Å². The molecule has 0 spiro atoms. The fourth-order valence-electron chi connectivity index (χ4n) is 3.59. The Morgan fingerprint density at radius 3 is 2.52 bits per heavy atom. The van der Waals surface area contributed by atoms with Gasteiger partial charge in [-0.1, -0.05) is 29.8 Å². The van der Waals surface area contributed by atoms with Gasteiger partial charge in [0.15, 0.2) is 0 Å². The van der Waals surface area contributed by atoms with Crippen LogP contribution in [0.3, 0.4) is 0 Å². The second kappa shape index (κ2) is 9.18. The van der Waals surface area contributed by atoms with Gasteiger partial charge in [0.2, 0.25) is 0 Å². The Balaban J connectivity index is 1.44. The Kier molecular flexibility index (Phi) is 6.18. The number of nitrogens with zero attached hydrogens (tertiary/aromatic N) is 2. The number of benzene rings is 3. The third kappa shape index (κ3) is 5.03. The van der Waals surface area contributed by atoms with Crippen LogP contribution in [0, 0.1) is 5.82 Å². The second-order valence-corrected chi connectivity index (χ2v) is 7.79. The molecule has 1 N–H and O–H groups in total. The zero-order valence-corrected chi connectivity index (χ0v) is 17.5. The van der Waals surface area contributed by atoms with E-state index in [1.807, 2.05) is 6.07 Å². The van der Waals surface area contributed by atoms with Gasteiger partial charge in [-0.3, -0.25) is 9.69 Å². The molecule has 3 amide bonds. The van der Waals surface area contributed by atoms with Gasteiger partial charge in [-0.05, 0) is 66.6 Å². The number of amides is 3. The molecule has 0 aliphatic carbocycles. The van der Waals surface area contributed by atoms with Crippen molar-refractivity contribution in [2.75, 3.05) is 23.3 Å². The Hall–Kier alpha value is -3.38. The van der Waals surface area contributed by atoms with Gasteiger partial charge in [0.05, 0.1) is 0 Å². The number of nitrogens with one attached hydrogen (secondary N) is 1. The molecule has 0 radical (unpaired) electrons. The maximum atomic E-state index is 13.5. The van der Waals surface area contributed by atoms with E-state index in [9.17, 15) is 14.0 Å². The first-order valence-corrected chi connectivity index (χ1v) is 10.4. The summed E-state index contributed by atoms with van der Waals surface area (Å²) in [6, 6.07) is 20.0. The molecule has 0 saturated carbocycles. The molecule has 31 heavy (non-hydrogen) atoms. The summed E-state index contributed by atoms with van der Waals surface area (Å²) in [5.41, 5.74) is 2.56. The smallest absolute Gasteiger partial charge is 0.322 e. The molecule has 1 saturated heterocycles. The average molecular weight is 438 g/mol. The predicted octanol–water partition coefficient (Wildman–Crippen LogP) is 5.56. The van der Waals surface area contributed by atoms with E-state index in [4.69, 9.17) is 11.6 Å². The molecule has 0 unspecified atom stereocenters. The molecule has 158 valence electrons. The van der Waals surface area contributed by atoms with Crippen molar-refractivity contribution in [1.82, 2.24) is 4.90 Å². The van der Waals surface area contributed by atoms with Crippen molar-refractivity contribution >= 4 is 34.9 Å². The minimum absolute atomic E-state index is 0.133. The molecule has 4 rings (SSSR count). The van der Waals surface area contributed by atoms with Crippen LogP contribution in [0.5, 0.6) is 0 Å². The third-order valence-electron chi connectivity index (χ3n) is 5.10. The van der Waals surface area contributed by atoms with Crippen LogP contribution in [-0.4, -0.2) is 29.9 Å². The summed E-state index contributed by atoms with van der Waals surface area (Å²) in [4.78, 5) is 28.8. The van der Waals surface area contributed by atoms with Gasteiger partial charge in [0, 0.05) is 41.6 Å². The Morgan fingerprint density at radius 2 is 1.77 bits per heavy atom. The Labute approximate surface area is 185 Å². The zero-order valence-electron chi connectivity index (χ0n) is 16.7. The molecule has 0 bridgehead atoms. The molecule has 5 nitrogen and oxygen atoms in total. The minimum atomic E-state index is -0.314. The van der Waals surface area contributed by atoms with E-state index in [2.05, 4.69) is 5.32 Å². The van der Waals surface area contributed by atoms with E-state index >= 15 is 0 Å². The van der Waals surface area contributed by atoms with Crippen LogP contribution in [-0.2, 0) is 6.54 Å². The van der Waals surface area contributed by atoms with Gasteiger partial charge in [-0.2, -0.15) is 0 Å². The highest BCUT2D eigenvalue weighted by Gasteiger charge is 2.27. The van der Waals surface area contributed by atoms with E-state index in [1.165, 1.54) is 12.1 Å². The maximum absolute atomic E-state index is 13.5. The molecule has 3 aromatic rings. The predicted molar refractivity (Wildman–Crippen MR) is 120 cm³/mol. The van der Waals surface area contributed by atoms with Crippen LogP contribution in [0.2, 0.25) is 5.02 Å². The van der Waals surface area contributed by atoms with E-state index in [1.54, 1.807) is 64.4 Å². The van der Waals surface area contributed by atoms with Crippen LogP contribution in [0.15, 0.2) is 72.8 Å². The molecular formula is C24H21ClFN3O2. The minimum Gasteiger partial charge on any atom is -0.322 e. The van der Waals surface area contributed by atoms with Gasteiger partial charge in [0.25, 0.3) is 5.91 Å². The SMILES string of the molecule is O=C(Nc1cccc(Cl)c1)c1ccc(N2CCCN(Cc3cccc(F)c3)C2=O)cc1.